The van der Waals surface area contributed by atoms with E-state index in [0.29, 0.717) is 24.2 Å². The average molecular weight is 402 g/mol. The molecule has 0 saturated heterocycles. The standard InChI is InChI=1S/C25H23FN2O2/c26-18-12-13-24(27)17(15-18)7-5-6-14-28-25(29)30-16-23-21-10-3-1-8-19(21)20-9-2-4-11-22(20)23/h1-5,7-13,15,23H,6,14,16,27H2,(H,28,29). The zero-order valence-electron chi connectivity index (χ0n) is 16.5. The Morgan fingerprint density at radius 3 is 2.40 bits per heavy atom. The van der Waals surface area contributed by atoms with Gasteiger partial charge in [-0.25, -0.2) is 9.18 Å². The third-order valence-corrected chi connectivity index (χ3v) is 5.27. The van der Waals surface area contributed by atoms with Crippen LogP contribution in [0.3, 0.4) is 0 Å². The number of alkyl carbamates (subject to hydrolysis) is 1. The van der Waals surface area contributed by atoms with Gasteiger partial charge in [0.25, 0.3) is 0 Å². The number of halogens is 1. The lowest BCUT2D eigenvalue weighted by atomic mass is 9.98. The molecule has 0 fully saturated rings. The largest absolute Gasteiger partial charge is 0.449 e. The summed E-state index contributed by atoms with van der Waals surface area (Å²) in [5.41, 5.74) is 11.7. The molecule has 4 rings (SSSR count). The summed E-state index contributed by atoms with van der Waals surface area (Å²) in [5, 5.41) is 2.75. The minimum absolute atomic E-state index is 0.0407. The second-order valence-corrected chi connectivity index (χ2v) is 7.22. The van der Waals surface area contributed by atoms with E-state index in [1.807, 2.05) is 30.3 Å². The molecule has 0 unspecified atom stereocenters. The molecule has 0 saturated carbocycles. The van der Waals surface area contributed by atoms with E-state index in [0.717, 1.165) is 0 Å². The van der Waals surface area contributed by atoms with E-state index in [1.165, 1.54) is 40.5 Å². The van der Waals surface area contributed by atoms with Gasteiger partial charge in [0, 0.05) is 18.2 Å². The van der Waals surface area contributed by atoms with E-state index in [1.54, 1.807) is 6.08 Å². The van der Waals surface area contributed by atoms with Crippen LogP contribution in [0.15, 0.2) is 72.8 Å². The highest BCUT2D eigenvalue weighted by Gasteiger charge is 2.28. The Labute approximate surface area is 175 Å². The fraction of sp³-hybridized carbons (Fsp3) is 0.160. The number of hydrogen-bond donors (Lipinski definition) is 2. The van der Waals surface area contributed by atoms with Crippen molar-refractivity contribution >= 4 is 17.9 Å². The van der Waals surface area contributed by atoms with Crippen molar-refractivity contribution in [3.05, 3.63) is 95.3 Å². The van der Waals surface area contributed by atoms with Crippen LogP contribution in [0.5, 0.6) is 0 Å². The number of nitrogens with one attached hydrogen (secondary N) is 1. The van der Waals surface area contributed by atoms with Crippen molar-refractivity contribution in [1.82, 2.24) is 5.32 Å². The molecule has 0 radical (unpaired) electrons. The number of hydrogen-bond acceptors (Lipinski definition) is 3. The summed E-state index contributed by atoms with van der Waals surface area (Å²) in [6.45, 7) is 0.706. The molecular weight excluding hydrogens is 379 g/mol. The van der Waals surface area contributed by atoms with Gasteiger partial charge in [-0.15, -0.1) is 0 Å². The van der Waals surface area contributed by atoms with Gasteiger partial charge in [-0.05, 0) is 52.4 Å². The van der Waals surface area contributed by atoms with E-state index in [-0.39, 0.29) is 18.3 Å². The Bertz CT molecular complexity index is 1050. The summed E-state index contributed by atoms with van der Waals surface area (Å²) in [5.74, 6) is -0.292. The van der Waals surface area contributed by atoms with Gasteiger partial charge in [0.05, 0.1) is 0 Å². The average Bonchev–Trinajstić information content (AvgIpc) is 3.08. The maximum absolute atomic E-state index is 13.3. The molecule has 30 heavy (non-hydrogen) atoms. The van der Waals surface area contributed by atoms with Crippen molar-refractivity contribution in [2.45, 2.75) is 12.3 Å². The van der Waals surface area contributed by atoms with Gasteiger partial charge in [-0.1, -0.05) is 60.7 Å². The van der Waals surface area contributed by atoms with Crippen LogP contribution >= 0.6 is 0 Å². The summed E-state index contributed by atoms with van der Waals surface area (Å²) < 4.78 is 18.8. The monoisotopic (exact) mass is 402 g/mol. The minimum Gasteiger partial charge on any atom is -0.449 e. The Kier molecular flexibility index (Phi) is 5.80. The molecule has 152 valence electrons. The molecule has 0 aliphatic heterocycles. The third kappa shape index (κ3) is 4.20. The Balaban J connectivity index is 1.28. The quantitative estimate of drug-likeness (QED) is 0.431. The second kappa shape index (κ2) is 8.82. The first-order valence-electron chi connectivity index (χ1n) is 9.94. The third-order valence-electron chi connectivity index (χ3n) is 5.27. The van der Waals surface area contributed by atoms with Crippen molar-refractivity contribution in [1.29, 1.82) is 0 Å². The van der Waals surface area contributed by atoms with Crippen molar-refractivity contribution in [2.24, 2.45) is 0 Å². The molecule has 1 amide bonds. The lowest BCUT2D eigenvalue weighted by Gasteiger charge is -2.14. The number of nitrogens with two attached hydrogens (primary N) is 1. The summed E-state index contributed by atoms with van der Waals surface area (Å²) >= 11 is 0. The van der Waals surface area contributed by atoms with E-state index in [4.69, 9.17) is 10.5 Å². The first-order chi connectivity index (χ1) is 14.6. The van der Waals surface area contributed by atoms with E-state index in [9.17, 15) is 9.18 Å². The minimum atomic E-state index is -0.449. The summed E-state index contributed by atoms with van der Waals surface area (Å²) in [7, 11) is 0. The van der Waals surface area contributed by atoms with Crippen LogP contribution < -0.4 is 11.1 Å². The van der Waals surface area contributed by atoms with Crippen LogP contribution in [-0.4, -0.2) is 19.2 Å². The van der Waals surface area contributed by atoms with Gasteiger partial charge in [-0.3, -0.25) is 0 Å². The lowest BCUT2D eigenvalue weighted by Crippen LogP contribution is -2.26. The molecule has 0 atom stereocenters. The fourth-order valence-corrected chi connectivity index (χ4v) is 3.81. The van der Waals surface area contributed by atoms with Crippen LogP contribution in [0, 0.1) is 5.82 Å². The molecule has 4 nitrogen and oxygen atoms in total. The Hall–Kier alpha value is -3.60. The number of anilines is 1. The zero-order chi connectivity index (χ0) is 20.9. The predicted octanol–water partition coefficient (Wildman–Crippen LogP) is 5.35. The second-order valence-electron chi connectivity index (χ2n) is 7.22. The van der Waals surface area contributed by atoms with Crippen LogP contribution in [-0.2, 0) is 4.74 Å². The maximum atomic E-state index is 13.3. The highest BCUT2D eigenvalue weighted by Crippen LogP contribution is 2.44. The molecule has 3 aromatic rings. The first-order valence-corrected chi connectivity index (χ1v) is 9.94. The normalized spacial score (nSPS) is 12.6. The fourth-order valence-electron chi connectivity index (χ4n) is 3.81. The molecule has 1 aliphatic carbocycles. The number of carbonyl (C=O) groups is 1. The molecule has 3 aromatic carbocycles. The molecule has 0 spiro atoms. The molecule has 0 heterocycles. The molecule has 5 heteroatoms. The SMILES string of the molecule is Nc1ccc(F)cc1C=CCCNC(=O)OCC1c2ccccc2-c2ccccc21. The van der Waals surface area contributed by atoms with Crippen molar-refractivity contribution in [3.63, 3.8) is 0 Å². The number of amides is 1. The lowest BCUT2D eigenvalue weighted by molar-refractivity contribution is 0.143. The first kappa shape index (κ1) is 19.7. The number of rotatable bonds is 6. The zero-order valence-corrected chi connectivity index (χ0v) is 16.5. The highest BCUT2D eigenvalue weighted by atomic mass is 19.1. The molecule has 1 aliphatic rings. The number of benzene rings is 3. The summed E-state index contributed by atoms with van der Waals surface area (Å²) in [6.07, 6.45) is 3.72. The highest BCUT2D eigenvalue weighted by molar-refractivity contribution is 5.79. The molecule has 0 bridgehead atoms. The van der Waals surface area contributed by atoms with Gasteiger partial charge < -0.3 is 15.8 Å². The van der Waals surface area contributed by atoms with Crippen LogP contribution in [0.2, 0.25) is 0 Å². The maximum Gasteiger partial charge on any atom is 0.407 e. The van der Waals surface area contributed by atoms with Gasteiger partial charge >= 0.3 is 6.09 Å². The number of carbonyl (C=O) groups excluding carboxylic acids is 1. The number of fused-ring (bicyclic) bond motifs is 3. The van der Waals surface area contributed by atoms with E-state index >= 15 is 0 Å². The molecule has 0 aromatic heterocycles. The number of nitrogen functional groups attached to an aromatic ring is 1. The molecular formula is C25H23FN2O2. The summed E-state index contributed by atoms with van der Waals surface area (Å²) in [4.78, 5) is 12.1. The van der Waals surface area contributed by atoms with Crippen molar-refractivity contribution in [3.8, 4) is 11.1 Å². The van der Waals surface area contributed by atoms with Crippen molar-refractivity contribution < 1.29 is 13.9 Å². The Morgan fingerprint density at radius 2 is 1.70 bits per heavy atom. The molecule has 3 N–H and O–H groups in total. The number of ether oxygens (including phenoxy) is 1. The van der Waals surface area contributed by atoms with Crippen LogP contribution in [0.1, 0.15) is 29.0 Å². The summed E-state index contributed by atoms with van der Waals surface area (Å²) in [6, 6.07) is 20.7. The van der Waals surface area contributed by atoms with E-state index in [2.05, 4.69) is 29.6 Å². The topological polar surface area (TPSA) is 64.3 Å². The Morgan fingerprint density at radius 1 is 1.03 bits per heavy atom. The smallest absolute Gasteiger partial charge is 0.407 e. The van der Waals surface area contributed by atoms with Crippen LogP contribution in [0.25, 0.3) is 17.2 Å². The van der Waals surface area contributed by atoms with Gasteiger partial charge in [0.1, 0.15) is 12.4 Å². The van der Waals surface area contributed by atoms with E-state index < -0.39 is 6.09 Å². The predicted molar refractivity (Wildman–Crippen MR) is 118 cm³/mol. The van der Waals surface area contributed by atoms with Gasteiger partial charge in [0.15, 0.2) is 0 Å². The van der Waals surface area contributed by atoms with Crippen LogP contribution in [0.4, 0.5) is 14.9 Å². The van der Waals surface area contributed by atoms with Gasteiger partial charge in [0.2, 0.25) is 0 Å². The van der Waals surface area contributed by atoms with Gasteiger partial charge in [-0.2, -0.15) is 0 Å². The van der Waals surface area contributed by atoms with Crippen molar-refractivity contribution in [2.75, 3.05) is 18.9 Å².